The van der Waals surface area contributed by atoms with E-state index in [1.165, 1.54) is 18.7 Å². The average Bonchev–Trinajstić information content (AvgIpc) is 2.82. The van der Waals surface area contributed by atoms with E-state index in [4.69, 9.17) is 4.74 Å². The van der Waals surface area contributed by atoms with Crippen LogP contribution in [0.2, 0.25) is 0 Å². The second kappa shape index (κ2) is 6.76. The van der Waals surface area contributed by atoms with Crippen molar-refractivity contribution in [1.82, 2.24) is 15.2 Å². The molecule has 130 valence electrons. The zero-order chi connectivity index (χ0) is 18.1. The highest BCUT2D eigenvalue weighted by atomic mass is 32.2. The highest BCUT2D eigenvalue weighted by Gasteiger charge is 2.34. The fourth-order valence-electron chi connectivity index (χ4n) is 2.97. The first kappa shape index (κ1) is 16.5. The van der Waals surface area contributed by atoms with Crippen molar-refractivity contribution < 1.29 is 9.53 Å². The maximum Gasteiger partial charge on any atom is 0.247 e. The molecule has 0 spiro atoms. The summed E-state index contributed by atoms with van der Waals surface area (Å²) < 4.78 is 6.22. The van der Waals surface area contributed by atoms with Gasteiger partial charge in [-0.05, 0) is 12.3 Å². The number of hydrogen-bond donors (Lipinski definition) is 0. The molecule has 0 saturated carbocycles. The molecule has 2 aromatic carbocycles. The molecule has 1 atom stereocenters. The number of aromatic nitrogens is 3. The quantitative estimate of drug-likeness (QED) is 0.646. The van der Waals surface area contributed by atoms with E-state index in [0.717, 1.165) is 16.8 Å². The third-order valence-electron chi connectivity index (χ3n) is 4.12. The van der Waals surface area contributed by atoms with Crippen molar-refractivity contribution in [1.29, 1.82) is 0 Å². The van der Waals surface area contributed by atoms with Crippen molar-refractivity contribution in [2.24, 2.45) is 0 Å². The minimum atomic E-state index is -0.637. The third kappa shape index (κ3) is 2.80. The molecule has 6 nitrogen and oxygen atoms in total. The largest absolute Gasteiger partial charge is 0.447 e. The average molecular weight is 364 g/mol. The van der Waals surface area contributed by atoms with Gasteiger partial charge in [-0.2, -0.15) is 4.98 Å². The van der Waals surface area contributed by atoms with Crippen molar-refractivity contribution >= 4 is 23.4 Å². The van der Waals surface area contributed by atoms with Crippen molar-refractivity contribution in [3.05, 3.63) is 60.2 Å². The van der Waals surface area contributed by atoms with Gasteiger partial charge in [-0.3, -0.25) is 9.69 Å². The monoisotopic (exact) mass is 364 g/mol. The predicted octanol–water partition coefficient (Wildman–Crippen LogP) is 3.70. The number of nitrogens with zero attached hydrogens (tertiary/aromatic N) is 4. The summed E-state index contributed by atoms with van der Waals surface area (Å²) in [7, 11) is 0. The maximum atomic E-state index is 12.6. The molecule has 0 aliphatic carbocycles. The first-order chi connectivity index (χ1) is 12.7. The van der Waals surface area contributed by atoms with E-state index in [1.807, 2.05) is 60.9 Å². The molecule has 0 radical (unpaired) electrons. The molecule has 4 rings (SSSR count). The molecule has 0 N–H and O–H groups in total. The summed E-state index contributed by atoms with van der Waals surface area (Å²) in [6, 6.07) is 17.2. The third-order valence-corrected chi connectivity index (χ3v) is 4.66. The second-order valence-electron chi connectivity index (χ2n) is 5.74. The van der Waals surface area contributed by atoms with E-state index < -0.39 is 6.23 Å². The van der Waals surface area contributed by atoms with Crippen molar-refractivity contribution in [2.45, 2.75) is 18.3 Å². The van der Waals surface area contributed by atoms with Gasteiger partial charge in [-0.1, -0.05) is 60.3 Å². The molecular weight excluding hydrogens is 348 g/mol. The highest BCUT2D eigenvalue weighted by Crippen LogP contribution is 2.43. The van der Waals surface area contributed by atoms with Crippen LogP contribution in [0.3, 0.4) is 0 Å². The molecule has 7 heteroatoms. The molecule has 2 heterocycles. The molecule has 1 aliphatic rings. The van der Waals surface area contributed by atoms with Crippen LogP contribution < -0.4 is 9.64 Å². The van der Waals surface area contributed by atoms with E-state index in [-0.39, 0.29) is 5.91 Å². The van der Waals surface area contributed by atoms with Gasteiger partial charge in [0.15, 0.2) is 5.69 Å². The highest BCUT2D eigenvalue weighted by molar-refractivity contribution is 7.98. The van der Waals surface area contributed by atoms with Gasteiger partial charge in [0, 0.05) is 18.1 Å². The summed E-state index contributed by atoms with van der Waals surface area (Å²) in [4.78, 5) is 18.7. The van der Waals surface area contributed by atoms with E-state index in [2.05, 4.69) is 15.2 Å². The normalized spacial score (nSPS) is 15.5. The van der Waals surface area contributed by atoms with Gasteiger partial charge in [0.05, 0.1) is 5.69 Å². The number of rotatable bonds is 2. The molecule has 1 aromatic heterocycles. The SMILES string of the molecule is CSc1nnc2c(n1)O[C@@H](c1ccccc1)N(C(C)=O)c1ccccc1-2. The molecule has 0 fully saturated rings. The zero-order valence-electron chi connectivity index (χ0n) is 14.3. The predicted molar refractivity (Wildman–Crippen MR) is 100 cm³/mol. The number of hydrogen-bond acceptors (Lipinski definition) is 6. The first-order valence-electron chi connectivity index (χ1n) is 8.08. The number of carbonyl (C=O) groups excluding carboxylic acids is 1. The van der Waals surface area contributed by atoms with Crippen LogP contribution in [-0.2, 0) is 4.79 Å². The number of para-hydroxylation sites is 1. The van der Waals surface area contributed by atoms with E-state index >= 15 is 0 Å². The number of amides is 1. The first-order valence-corrected chi connectivity index (χ1v) is 9.31. The van der Waals surface area contributed by atoms with Crippen molar-refractivity contribution in [3.63, 3.8) is 0 Å². The minimum Gasteiger partial charge on any atom is -0.447 e. The summed E-state index contributed by atoms with van der Waals surface area (Å²) >= 11 is 1.39. The Hall–Kier alpha value is -2.93. The summed E-state index contributed by atoms with van der Waals surface area (Å²) in [6.45, 7) is 1.53. The Morgan fingerprint density at radius 2 is 1.81 bits per heavy atom. The lowest BCUT2D eigenvalue weighted by Gasteiger charge is -2.29. The second-order valence-corrected chi connectivity index (χ2v) is 6.51. The van der Waals surface area contributed by atoms with Crippen LogP contribution in [0, 0.1) is 0 Å². The number of ether oxygens (including phenoxy) is 1. The summed E-state index contributed by atoms with van der Waals surface area (Å²) in [5, 5.41) is 8.97. The summed E-state index contributed by atoms with van der Waals surface area (Å²) in [6.07, 6.45) is 1.24. The van der Waals surface area contributed by atoms with E-state index in [0.29, 0.717) is 16.7 Å². The van der Waals surface area contributed by atoms with Gasteiger partial charge in [0.25, 0.3) is 0 Å². The van der Waals surface area contributed by atoms with Crippen molar-refractivity contribution in [2.75, 3.05) is 11.2 Å². The number of benzene rings is 2. The lowest BCUT2D eigenvalue weighted by Crippen LogP contribution is -2.36. The lowest BCUT2D eigenvalue weighted by molar-refractivity contribution is -0.118. The van der Waals surface area contributed by atoms with Crippen LogP contribution in [0.25, 0.3) is 11.3 Å². The Balaban J connectivity index is 1.98. The topological polar surface area (TPSA) is 68.2 Å². The molecular formula is C19H16N4O2S. The van der Waals surface area contributed by atoms with Gasteiger partial charge in [-0.15, -0.1) is 10.2 Å². The minimum absolute atomic E-state index is 0.128. The smallest absolute Gasteiger partial charge is 0.247 e. The number of carbonyl (C=O) groups is 1. The molecule has 0 bridgehead atoms. The Bertz CT molecular complexity index is 965. The Labute approximate surface area is 155 Å². The molecule has 3 aromatic rings. The molecule has 1 amide bonds. The summed E-state index contributed by atoms with van der Waals surface area (Å²) in [5.41, 5.74) is 2.88. The fraction of sp³-hybridized carbons (Fsp3) is 0.158. The number of anilines is 1. The standard InChI is InChI=1S/C19H16N4O2S/c1-12(24)23-15-11-7-6-10-14(15)16-17(20-19(26-2)22-21-16)25-18(23)13-8-4-3-5-9-13/h3-11,18H,1-2H3/t18-/m0/s1. The van der Waals surface area contributed by atoms with E-state index in [9.17, 15) is 4.79 Å². The van der Waals surface area contributed by atoms with Gasteiger partial charge in [-0.25, -0.2) is 0 Å². The Kier molecular flexibility index (Phi) is 4.30. The zero-order valence-corrected chi connectivity index (χ0v) is 15.1. The fourth-order valence-corrected chi connectivity index (χ4v) is 3.27. The van der Waals surface area contributed by atoms with Gasteiger partial charge >= 0.3 is 0 Å². The molecule has 0 unspecified atom stereocenters. The lowest BCUT2D eigenvalue weighted by atomic mass is 10.1. The Morgan fingerprint density at radius 3 is 2.54 bits per heavy atom. The summed E-state index contributed by atoms with van der Waals surface area (Å²) in [5.74, 6) is 0.242. The van der Waals surface area contributed by atoms with Crippen LogP contribution in [0.15, 0.2) is 59.8 Å². The Morgan fingerprint density at radius 1 is 1.08 bits per heavy atom. The van der Waals surface area contributed by atoms with Crippen molar-refractivity contribution in [3.8, 4) is 17.1 Å². The van der Waals surface area contributed by atoms with Crippen LogP contribution in [0.4, 0.5) is 5.69 Å². The number of thioether (sulfide) groups is 1. The van der Waals surface area contributed by atoms with Gasteiger partial charge in [0.2, 0.25) is 23.2 Å². The molecule has 1 aliphatic heterocycles. The molecule has 26 heavy (non-hydrogen) atoms. The van der Waals surface area contributed by atoms with Gasteiger partial charge < -0.3 is 4.74 Å². The van der Waals surface area contributed by atoms with Crippen LogP contribution >= 0.6 is 11.8 Å². The molecule has 0 saturated heterocycles. The number of fused-ring (bicyclic) bond motifs is 3. The maximum absolute atomic E-state index is 12.6. The van der Waals surface area contributed by atoms with Gasteiger partial charge in [0.1, 0.15) is 0 Å². The van der Waals surface area contributed by atoms with Crippen LogP contribution in [0.1, 0.15) is 18.7 Å². The van der Waals surface area contributed by atoms with E-state index in [1.54, 1.807) is 4.90 Å². The van der Waals surface area contributed by atoms with Crippen LogP contribution in [0.5, 0.6) is 5.88 Å². The van der Waals surface area contributed by atoms with Crippen LogP contribution in [-0.4, -0.2) is 27.3 Å².